The molecule has 0 atom stereocenters. The van der Waals surface area contributed by atoms with Crippen molar-refractivity contribution < 1.29 is 9.53 Å². The SMILES string of the molecule is COCCN(Cc1ccccn1)C(=O)c1ccc(N)cc1. The van der Waals surface area contributed by atoms with Gasteiger partial charge in [-0.05, 0) is 36.4 Å². The standard InChI is InChI=1S/C16H19N3O2/c1-21-11-10-19(12-15-4-2-3-9-18-15)16(20)13-5-7-14(17)8-6-13/h2-9H,10-12,17H2,1H3. The number of anilines is 1. The predicted octanol–water partition coefficient (Wildman–Crippen LogP) is 1.95. The van der Waals surface area contributed by atoms with Crippen LogP contribution < -0.4 is 5.73 Å². The molecular formula is C16H19N3O2. The third kappa shape index (κ3) is 4.29. The monoisotopic (exact) mass is 285 g/mol. The molecule has 0 aliphatic heterocycles. The number of hydrogen-bond acceptors (Lipinski definition) is 4. The number of hydrogen-bond donors (Lipinski definition) is 1. The third-order valence-corrected chi connectivity index (χ3v) is 3.09. The smallest absolute Gasteiger partial charge is 0.254 e. The molecular weight excluding hydrogens is 266 g/mol. The highest BCUT2D eigenvalue weighted by Crippen LogP contribution is 2.11. The van der Waals surface area contributed by atoms with Gasteiger partial charge in [0.05, 0.1) is 18.8 Å². The molecule has 0 radical (unpaired) electrons. The molecule has 2 N–H and O–H groups in total. The van der Waals surface area contributed by atoms with E-state index in [1.54, 1.807) is 42.5 Å². The zero-order chi connectivity index (χ0) is 15.1. The van der Waals surface area contributed by atoms with E-state index in [0.717, 1.165) is 5.69 Å². The lowest BCUT2D eigenvalue weighted by atomic mass is 10.1. The maximum Gasteiger partial charge on any atom is 0.254 e. The second-order valence-corrected chi connectivity index (χ2v) is 4.66. The quantitative estimate of drug-likeness (QED) is 0.824. The highest BCUT2D eigenvalue weighted by molar-refractivity contribution is 5.94. The summed E-state index contributed by atoms with van der Waals surface area (Å²) in [4.78, 5) is 18.5. The van der Waals surface area contributed by atoms with E-state index in [1.807, 2.05) is 18.2 Å². The molecule has 5 heteroatoms. The first-order valence-electron chi connectivity index (χ1n) is 6.74. The molecule has 2 rings (SSSR count). The number of carbonyl (C=O) groups excluding carboxylic acids is 1. The van der Waals surface area contributed by atoms with E-state index in [-0.39, 0.29) is 5.91 Å². The predicted molar refractivity (Wildman–Crippen MR) is 81.7 cm³/mol. The van der Waals surface area contributed by atoms with Gasteiger partial charge < -0.3 is 15.4 Å². The van der Waals surface area contributed by atoms with E-state index in [2.05, 4.69) is 4.98 Å². The molecule has 0 fully saturated rings. The van der Waals surface area contributed by atoms with Crippen LogP contribution in [0.15, 0.2) is 48.7 Å². The molecule has 1 aromatic carbocycles. The number of amides is 1. The number of pyridine rings is 1. The van der Waals surface area contributed by atoms with Crippen molar-refractivity contribution in [2.75, 3.05) is 26.0 Å². The molecule has 0 aliphatic carbocycles. The maximum atomic E-state index is 12.6. The number of ether oxygens (including phenoxy) is 1. The number of benzene rings is 1. The second-order valence-electron chi connectivity index (χ2n) is 4.66. The van der Waals surface area contributed by atoms with Crippen molar-refractivity contribution in [2.45, 2.75) is 6.54 Å². The molecule has 0 saturated heterocycles. The number of methoxy groups -OCH3 is 1. The Bertz CT molecular complexity index is 570. The van der Waals surface area contributed by atoms with Gasteiger partial charge in [0.25, 0.3) is 5.91 Å². The van der Waals surface area contributed by atoms with Crippen molar-refractivity contribution in [2.24, 2.45) is 0 Å². The first kappa shape index (κ1) is 15.0. The molecule has 1 heterocycles. The Kier molecular flexibility index (Phi) is 5.29. The summed E-state index contributed by atoms with van der Waals surface area (Å²) in [6.45, 7) is 1.44. The Labute approximate surface area is 124 Å². The number of nitrogens with zero attached hydrogens (tertiary/aromatic N) is 2. The van der Waals surface area contributed by atoms with Crippen molar-refractivity contribution in [3.8, 4) is 0 Å². The Morgan fingerprint density at radius 3 is 2.62 bits per heavy atom. The molecule has 0 bridgehead atoms. The van der Waals surface area contributed by atoms with Gasteiger partial charge in [-0.1, -0.05) is 6.07 Å². The van der Waals surface area contributed by atoms with Crippen LogP contribution in [0.1, 0.15) is 16.1 Å². The van der Waals surface area contributed by atoms with Gasteiger partial charge in [0.2, 0.25) is 0 Å². The van der Waals surface area contributed by atoms with Crippen LogP contribution in [-0.4, -0.2) is 36.1 Å². The lowest BCUT2D eigenvalue weighted by Gasteiger charge is -2.22. The van der Waals surface area contributed by atoms with Gasteiger partial charge in [0.1, 0.15) is 0 Å². The van der Waals surface area contributed by atoms with Crippen LogP contribution in [0.2, 0.25) is 0 Å². The molecule has 5 nitrogen and oxygen atoms in total. The van der Waals surface area contributed by atoms with Crippen molar-refractivity contribution in [1.29, 1.82) is 0 Å². The van der Waals surface area contributed by atoms with Gasteiger partial charge >= 0.3 is 0 Å². The van der Waals surface area contributed by atoms with E-state index < -0.39 is 0 Å². The fourth-order valence-electron chi connectivity index (χ4n) is 1.95. The van der Waals surface area contributed by atoms with Gasteiger partial charge in [-0.2, -0.15) is 0 Å². The summed E-state index contributed by atoms with van der Waals surface area (Å²) in [5.41, 5.74) is 7.74. The van der Waals surface area contributed by atoms with E-state index in [1.165, 1.54) is 0 Å². The lowest BCUT2D eigenvalue weighted by Crippen LogP contribution is -2.33. The third-order valence-electron chi connectivity index (χ3n) is 3.09. The minimum atomic E-state index is -0.0577. The number of carbonyl (C=O) groups is 1. The average molecular weight is 285 g/mol. The van der Waals surface area contributed by atoms with Crippen molar-refractivity contribution in [3.05, 3.63) is 59.9 Å². The second kappa shape index (κ2) is 7.40. The van der Waals surface area contributed by atoms with E-state index in [4.69, 9.17) is 10.5 Å². The zero-order valence-corrected chi connectivity index (χ0v) is 12.0. The number of rotatable bonds is 6. The summed E-state index contributed by atoms with van der Waals surface area (Å²) in [7, 11) is 1.62. The normalized spacial score (nSPS) is 10.3. The Morgan fingerprint density at radius 2 is 2.00 bits per heavy atom. The molecule has 2 aromatic rings. The van der Waals surface area contributed by atoms with Crippen LogP contribution in [0.3, 0.4) is 0 Å². The molecule has 0 spiro atoms. The lowest BCUT2D eigenvalue weighted by molar-refractivity contribution is 0.0678. The molecule has 21 heavy (non-hydrogen) atoms. The molecule has 110 valence electrons. The molecule has 0 unspecified atom stereocenters. The van der Waals surface area contributed by atoms with E-state index in [9.17, 15) is 4.79 Å². The van der Waals surface area contributed by atoms with Crippen LogP contribution in [-0.2, 0) is 11.3 Å². The largest absolute Gasteiger partial charge is 0.399 e. The van der Waals surface area contributed by atoms with Crippen molar-refractivity contribution >= 4 is 11.6 Å². The van der Waals surface area contributed by atoms with Crippen LogP contribution in [0.25, 0.3) is 0 Å². The van der Waals surface area contributed by atoms with E-state index in [0.29, 0.717) is 30.9 Å². The van der Waals surface area contributed by atoms with Crippen LogP contribution in [0, 0.1) is 0 Å². The summed E-state index contributed by atoms with van der Waals surface area (Å²) in [6.07, 6.45) is 1.72. The molecule has 0 aliphatic rings. The molecule has 0 saturated carbocycles. The minimum absolute atomic E-state index is 0.0577. The summed E-state index contributed by atoms with van der Waals surface area (Å²) in [6, 6.07) is 12.6. The first-order chi connectivity index (χ1) is 10.2. The summed E-state index contributed by atoms with van der Waals surface area (Å²) >= 11 is 0. The molecule has 1 amide bonds. The first-order valence-corrected chi connectivity index (χ1v) is 6.74. The van der Waals surface area contributed by atoms with Gasteiger partial charge in [0, 0.05) is 31.1 Å². The van der Waals surface area contributed by atoms with Gasteiger partial charge in [0.15, 0.2) is 0 Å². The van der Waals surface area contributed by atoms with Crippen LogP contribution in [0.4, 0.5) is 5.69 Å². The Hall–Kier alpha value is -2.40. The topological polar surface area (TPSA) is 68.5 Å². The van der Waals surface area contributed by atoms with E-state index >= 15 is 0 Å². The van der Waals surface area contributed by atoms with Crippen LogP contribution in [0.5, 0.6) is 0 Å². The fraction of sp³-hybridized carbons (Fsp3) is 0.250. The van der Waals surface area contributed by atoms with Crippen molar-refractivity contribution in [3.63, 3.8) is 0 Å². The van der Waals surface area contributed by atoms with Gasteiger partial charge in [-0.3, -0.25) is 9.78 Å². The highest BCUT2D eigenvalue weighted by atomic mass is 16.5. The van der Waals surface area contributed by atoms with Crippen molar-refractivity contribution in [1.82, 2.24) is 9.88 Å². The fourth-order valence-corrected chi connectivity index (χ4v) is 1.95. The number of nitrogen functional groups attached to an aromatic ring is 1. The Morgan fingerprint density at radius 1 is 1.24 bits per heavy atom. The zero-order valence-electron chi connectivity index (χ0n) is 12.0. The summed E-state index contributed by atoms with van der Waals surface area (Å²) in [5.74, 6) is -0.0577. The summed E-state index contributed by atoms with van der Waals surface area (Å²) < 4.78 is 5.08. The minimum Gasteiger partial charge on any atom is -0.399 e. The summed E-state index contributed by atoms with van der Waals surface area (Å²) in [5, 5.41) is 0. The Balaban J connectivity index is 2.14. The number of aromatic nitrogens is 1. The average Bonchev–Trinajstić information content (AvgIpc) is 2.52. The highest BCUT2D eigenvalue weighted by Gasteiger charge is 2.16. The maximum absolute atomic E-state index is 12.6. The van der Waals surface area contributed by atoms with Crippen LogP contribution >= 0.6 is 0 Å². The van der Waals surface area contributed by atoms with Gasteiger partial charge in [-0.15, -0.1) is 0 Å². The van der Waals surface area contributed by atoms with Gasteiger partial charge in [-0.25, -0.2) is 0 Å². The molecule has 1 aromatic heterocycles. The number of nitrogens with two attached hydrogens (primary N) is 1.